The number of rotatable bonds is 4. The molecule has 0 aromatic carbocycles. The van der Waals surface area contributed by atoms with Crippen molar-refractivity contribution in [1.29, 1.82) is 0 Å². The fraction of sp³-hybridized carbons (Fsp3) is 0.625. The molecular weight excluding hydrogens is 168 g/mol. The fourth-order valence-electron chi connectivity index (χ4n) is 1.15. The third kappa shape index (κ3) is 2.54. The van der Waals surface area contributed by atoms with E-state index < -0.39 is 0 Å². The molecule has 0 atom stereocenters. The molecule has 1 fully saturated rings. The van der Waals surface area contributed by atoms with Crippen LogP contribution >= 0.6 is 0 Å². The Balaban J connectivity index is 1.69. The number of aromatic amines is 1. The van der Waals surface area contributed by atoms with E-state index >= 15 is 0 Å². The molecule has 2 rings (SSSR count). The number of carbonyl (C=O) groups is 1. The third-order valence-corrected chi connectivity index (χ3v) is 2.09. The highest BCUT2D eigenvalue weighted by Gasteiger charge is 2.24. The number of nitrogens with zero attached hydrogens (tertiary/aromatic N) is 2. The van der Waals surface area contributed by atoms with E-state index in [2.05, 4.69) is 20.5 Å². The van der Waals surface area contributed by atoms with E-state index in [0.29, 0.717) is 24.7 Å². The summed E-state index contributed by atoms with van der Waals surface area (Å²) < 4.78 is 0. The molecule has 0 spiro atoms. The Labute approximate surface area is 75.9 Å². The van der Waals surface area contributed by atoms with Crippen molar-refractivity contribution in [3.8, 4) is 0 Å². The second-order valence-electron chi connectivity index (χ2n) is 3.36. The molecule has 0 aliphatic heterocycles. The molecule has 0 saturated heterocycles. The highest BCUT2D eigenvalue weighted by molar-refractivity contribution is 5.76. The van der Waals surface area contributed by atoms with Crippen LogP contribution in [-0.2, 0) is 11.3 Å². The summed E-state index contributed by atoms with van der Waals surface area (Å²) in [6.07, 6.45) is 4.50. The Bertz CT molecular complexity index is 278. The second-order valence-corrected chi connectivity index (χ2v) is 3.36. The lowest BCUT2D eigenvalue weighted by atomic mass is 10.3. The molecule has 5 heteroatoms. The minimum Gasteiger partial charge on any atom is -0.349 e. The van der Waals surface area contributed by atoms with Crippen molar-refractivity contribution in [2.75, 3.05) is 0 Å². The van der Waals surface area contributed by atoms with Gasteiger partial charge in [0.15, 0.2) is 0 Å². The maximum atomic E-state index is 11.2. The first-order valence-electron chi connectivity index (χ1n) is 4.45. The molecule has 1 amide bonds. The summed E-state index contributed by atoms with van der Waals surface area (Å²) in [7, 11) is 0. The molecule has 0 bridgehead atoms. The summed E-state index contributed by atoms with van der Waals surface area (Å²) in [6, 6.07) is 0. The predicted octanol–water partition coefficient (Wildman–Crippen LogP) is 0.221. The van der Waals surface area contributed by atoms with E-state index in [9.17, 15) is 4.79 Å². The highest BCUT2D eigenvalue weighted by Crippen LogP contribution is 2.31. The first-order chi connectivity index (χ1) is 6.34. The number of hydrogen-bond acceptors (Lipinski definition) is 3. The number of aromatic nitrogens is 3. The minimum absolute atomic E-state index is 0.110. The Morgan fingerprint density at radius 3 is 3.15 bits per heavy atom. The monoisotopic (exact) mass is 180 g/mol. The number of H-pyrrole nitrogens is 1. The average molecular weight is 180 g/mol. The molecule has 1 aromatic heterocycles. The molecular formula is C8H12N4O. The molecule has 1 saturated carbocycles. The molecule has 1 aromatic rings. The van der Waals surface area contributed by atoms with Gasteiger partial charge < -0.3 is 5.32 Å². The standard InChI is InChI=1S/C8H12N4O/c13-8(3-6-1-2-6)9-4-7-10-5-11-12-7/h5-6H,1-4H2,(H,9,13)(H,10,11,12). The Morgan fingerprint density at radius 1 is 1.69 bits per heavy atom. The van der Waals surface area contributed by atoms with Gasteiger partial charge in [0, 0.05) is 6.42 Å². The summed E-state index contributed by atoms with van der Waals surface area (Å²) in [5.41, 5.74) is 0. The minimum atomic E-state index is 0.110. The molecule has 70 valence electrons. The molecule has 0 radical (unpaired) electrons. The number of amides is 1. The molecule has 1 heterocycles. The Hall–Kier alpha value is -1.39. The van der Waals surface area contributed by atoms with Gasteiger partial charge in [-0.1, -0.05) is 0 Å². The van der Waals surface area contributed by atoms with Gasteiger partial charge in [0.2, 0.25) is 5.91 Å². The van der Waals surface area contributed by atoms with E-state index in [1.165, 1.54) is 19.2 Å². The van der Waals surface area contributed by atoms with Crippen LogP contribution in [-0.4, -0.2) is 21.1 Å². The summed E-state index contributed by atoms with van der Waals surface area (Å²) in [6.45, 7) is 0.450. The van der Waals surface area contributed by atoms with Gasteiger partial charge in [-0.15, -0.1) is 0 Å². The van der Waals surface area contributed by atoms with E-state index in [0.717, 1.165) is 0 Å². The van der Waals surface area contributed by atoms with E-state index in [1.54, 1.807) is 0 Å². The van der Waals surface area contributed by atoms with Crippen LogP contribution in [0.2, 0.25) is 0 Å². The predicted molar refractivity (Wildman–Crippen MR) is 45.6 cm³/mol. The maximum Gasteiger partial charge on any atom is 0.220 e. The summed E-state index contributed by atoms with van der Waals surface area (Å²) >= 11 is 0. The van der Waals surface area contributed by atoms with Crippen molar-refractivity contribution >= 4 is 5.91 Å². The van der Waals surface area contributed by atoms with Crippen molar-refractivity contribution in [1.82, 2.24) is 20.5 Å². The van der Waals surface area contributed by atoms with Crippen LogP contribution in [0.25, 0.3) is 0 Å². The van der Waals surface area contributed by atoms with Crippen LogP contribution in [0.1, 0.15) is 25.1 Å². The van der Waals surface area contributed by atoms with Crippen LogP contribution < -0.4 is 5.32 Å². The van der Waals surface area contributed by atoms with Gasteiger partial charge in [-0.2, -0.15) is 5.10 Å². The Kier molecular flexibility index (Phi) is 2.25. The fourth-order valence-corrected chi connectivity index (χ4v) is 1.15. The lowest BCUT2D eigenvalue weighted by molar-refractivity contribution is -0.121. The van der Waals surface area contributed by atoms with Crippen molar-refractivity contribution in [3.05, 3.63) is 12.2 Å². The average Bonchev–Trinajstić information content (AvgIpc) is 2.78. The van der Waals surface area contributed by atoms with Gasteiger partial charge in [0.05, 0.1) is 6.54 Å². The van der Waals surface area contributed by atoms with Crippen molar-refractivity contribution in [3.63, 3.8) is 0 Å². The zero-order valence-electron chi connectivity index (χ0n) is 7.29. The topological polar surface area (TPSA) is 70.7 Å². The van der Waals surface area contributed by atoms with E-state index in [-0.39, 0.29) is 5.91 Å². The first-order valence-corrected chi connectivity index (χ1v) is 4.45. The lowest BCUT2D eigenvalue weighted by Gasteiger charge is -2.00. The van der Waals surface area contributed by atoms with Crippen molar-refractivity contribution in [2.45, 2.75) is 25.8 Å². The van der Waals surface area contributed by atoms with Crippen LogP contribution in [0.5, 0.6) is 0 Å². The number of carbonyl (C=O) groups excluding carboxylic acids is 1. The molecule has 2 N–H and O–H groups in total. The zero-order chi connectivity index (χ0) is 9.10. The second kappa shape index (κ2) is 3.55. The van der Waals surface area contributed by atoms with Gasteiger partial charge in [-0.25, -0.2) is 4.98 Å². The highest BCUT2D eigenvalue weighted by atomic mass is 16.1. The smallest absolute Gasteiger partial charge is 0.220 e. The van der Waals surface area contributed by atoms with Crippen LogP contribution in [0.15, 0.2) is 6.33 Å². The van der Waals surface area contributed by atoms with Gasteiger partial charge in [0.25, 0.3) is 0 Å². The zero-order valence-corrected chi connectivity index (χ0v) is 7.29. The molecule has 13 heavy (non-hydrogen) atoms. The van der Waals surface area contributed by atoms with E-state index in [1.807, 2.05) is 0 Å². The summed E-state index contributed by atoms with van der Waals surface area (Å²) in [4.78, 5) is 15.1. The van der Waals surface area contributed by atoms with Crippen molar-refractivity contribution < 1.29 is 4.79 Å². The van der Waals surface area contributed by atoms with Gasteiger partial charge in [-0.05, 0) is 18.8 Å². The summed E-state index contributed by atoms with van der Waals surface area (Å²) in [5, 5.41) is 9.16. The van der Waals surface area contributed by atoms with Crippen LogP contribution in [0.3, 0.4) is 0 Å². The molecule has 1 aliphatic carbocycles. The number of hydrogen-bond donors (Lipinski definition) is 2. The molecule has 0 unspecified atom stereocenters. The summed E-state index contributed by atoms with van der Waals surface area (Å²) in [5.74, 6) is 1.44. The maximum absolute atomic E-state index is 11.2. The molecule has 5 nitrogen and oxygen atoms in total. The van der Waals surface area contributed by atoms with Crippen molar-refractivity contribution in [2.24, 2.45) is 5.92 Å². The van der Waals surface area contributed by atoms with E-state index in [4.69, 9.17) is 0 Å². The normalized spacial score (nSPS) is 15.7. The third-order valence-electron chi connectivity index (χ3n) is 2.09. The van der Waals surface area contributed by atoms with Gasteiger partial charge >= 0.3 is 0 Å². The largest absolute Gasteiger partial charge is 0.349 e. The Morgan fingerprint density at radius 2 is 2.54 bits per heavy atom. The lowest BCUT2D eigenvalue weighted by Crippen LogP contribution is -2.23. The quantitative estimate of drug-likeness (QED) is 0.696. The number of nitrogens with one attached hydrogen (secondary N) is 2. The van der Waals surface area contributed by atoms with Gasteiger partial charge in [0.1, 0.15) is 12.2 Å². The SMILES string of the molecule is O=C(CC1CC1)NCc1ncn[nH]1. The van der Waals surface area contributed by atoms with Crippen LogP contribution in [0, 0.1) is 5.92 Å². The molecule has 1 aliphatic rings. The first kappa shape index (κ1) is 8.22. The van der Waals surface area contributed by atoms with Crippen LogP contribution in [0.4, 0.5) is 0 Å². The van der Waals surface area contributed by atoms with Gasteiger partial charge in [-0.3, -0.25) is 9.89 Å².